The summed E-state index contributed by atoms with van der Waals surface area (Å²) < 4.78 is 13.8. The lowest BCUT2D eigenvalue weighted by Gasteiger charge is -2.23. The van der Waals surface area contributed by atoms with Crippen molar-refractivity contribution in [2.24, 2.45) is 0 Å². The van der Waals surface area contributed by atoms with E-state index < -0.39 is 17.8 Å². The summed E-state index contributed by atoms with van der Waals surface area (Å²) in [4.78, 5) is 26.7. The van der Waals surface area contributed by atoms with Gasteiger partial charge < -0.3 is 15.5 Å². The Morgan fingerprint density at radius 1 is 1.13 bits per heavy atom. The first-order chi connectivity index (χ1) is 14.5. The van der Waals surface area contributed by atoms with Gasteiger partial charge >= 0.3 is 6.03 Å². The number of amides is 3. The number of likely N-dealkylation sites (tertiary alicyclic amines) is 1. The van der Waals surface area contributed by atoms with Crippen LogP contribution >= 0.6 is 22.9 Å². The Hall–Kier alpha value is -3.04. The molecule has 0 bridgehead atoms. The van der Waals surface area contributed by atoms with Crippen LogP contribution in [0.25, 0.3) is 0 Å². The number of hydrogen-bond acceptors (Lipinski definition) is 5. The van der Waals surface area contributed by atoms with E-state index in [4.69, 9.17) is 11.6 Å². The number of carbonyl (C=O) groups is 2. The average Bonchev–Trinajstić information content (AvgIpc) is 3.39. The van der Waals surface area contributed by atoms with Crippen LogP contribution in [0, 0.1) is 5.82 Å². The van der Waals surface area contributed by atoms with Gasteiger partial charge in [0.2, 0.25) is 5.01 Å². The highest BCUT2D eigenvalue weighted by Crippen LogP contribution is 2.34. The van der Waals surface area contributed by atoms with Crippen LogP contribution in [0.2, 0.25) is 5.02 Å². The zero-order valence-corrected chi connectivity index (χ0v) is 17.2. The average molecular weight is 446 g/mol. The number of nitrogens with zero attached hydrogens (tertiary/aromatic N) is 3. The van der Waals surface area contributed by atoms with Crippen molar-refractivity contribution in [1.82, 2.24) is 15.1 Å². The Morgan fingerprint density at radius 3 is 2.77 bits per heavy atom. The fraction of sp³-hybridized carbons (Fsp3) is 0.200. The molecule has 0 unspecified atom stereocenters. The van der Waals surface area contributed by atoms with Gasteiger partial charge in [0.15, 0.2) is 0 Å². The van der Waals surface area contributed by atoms with E-state index in [-0.39, 0.29) is 16.7 Å². The second-order valence-corrected chi connectivity index (χ2v) is 8.12. The Morgan fingerprint density at radius 2 is 1.97 bits per heavy atom. The number of aromatic nitrogens is 2. The first kappa shape index (κ1) is 20.2. The molecule has 1 aromatic heterocycles. The Kier molecular flexibility index (Phi) is 5.91. The van der Waals surface area contributed by atoms with Crippen molar-refractivity contribution in [3.8, 4) is 0 Å². The predicted molar refractivity (Wildman–Crippen MR) is 113 cm³/mol. The zero-order chi connectivity index (χ0) is 21.1. The number of carbonyl (C=O) groups excluding carboxylic acids is 2. The monoisotopic (exact) mass is 445 g/mol. The van der Waals surface area contributed by atoms with Gasteiger partial charge in [-0.1, -0.05) is 41.1 Å². The highest BCUT2D eigenvalue weighted by Gasteiger charge is 2.33. The number of nitrogens with one attached hydrogen (secondary N) is 2. The molecule has 2 aromatic carbocycles. The molecule has 0 saturated carbocycles. The molecule has 0 aliphatic carbocycles. The highest BCUT2D eigenvalue weighted by atomic mass is 35.5. The molecule has 3 aromatic rings. The number of rotatable bonds is 4. The SMILES string of the molecule is O=C(Nc1cccc(Cl)c1)c1nnc([C@@H]2CCCN2C(=O)Nc2ccccc2F)s1. The van der Waals surface area contributed by atoms with Crippen LogP contribution < -0.4 is 10.6 Å². The summed E-state index contributed by atoms with van der Waals surface area (Å²) >= 11 is 7.06. The first-order valence-electron chi connectivity index (χ1n) is 9.24. The molecular weight excluding hydrogens is 429 g/mol. The molecule has 7 nitrogen and oxygen atoms in total. The van der Waals surface area contributed by atoms with Gasteiger partial charge in [0.25, 0.3) is 5.91 Å². The predicted octanol–water partition coefficient (Wildman–Crippen LogP) is 4.95. The second kappa shape index (κ2) is 8.76. The zero-order valence-electron chi connectivity index (χ0n) is 15.6. The molecular formula is C20H17ClFN5O2S. The maximum absolute atomic E-state index is 13.8. The molecule has 3 amide bonds. The highest BCUT2D eigenvalue weighted by molar-refractivity contribution is 7.13. The maximum atomic E-state index is 13.8. The van der Waals surface area contributed by atoms with E-state index in [1.54, 1.807) is 41.3 Å². The molecule has 0 radical (unpaired) electrons. The number of benzene rings is 2. The normalized spacial score (nSPS) is 15.8. The third-order valence-corrected chi connectivity index (χ3v) is 5.89. The first-order valence-corrected chi connectivity index (χ1v) is 10.4. The fourth-order valence-corrected chi connectivity index (χ4v) is 4.30. The molecule has 1 fully saturated rings. The van der Waals surface area contributed by atoms with Gasteiger partial charge in [0, 0.05) is 17.3 Å². The smallest absolute Gasteiger partial charge is 0.320 e. The molecule has 4 rings (SSSR count). The minimum absolute atomic E-state index is 0.118. The van der Waals surface area contributed by atoms with Crippen molar-refractivity contribution in [3.05, 3.63) is 69.4 Å². The number of anilines is 2. The van der Waals surface area contributed by atoms with Crippen molar-refractivity contribution in [2.75, 3.05) is 17.2 Å². The van der Waals surface area contributed by atoms with Crippen LogP contribution in [0.15, 0.2) is 48.5 Å². The third-order valence-electron chi connectivity index (χ3n) is 4.63. The number of urea groups is 1. The molecule has 2 N–H and O–H groups in total. The van der Waals surface area contributed by atoms with Crippen molar-refractivity contribution in [3.63, 3.8) is 0 Å². The molecule has 1 saturated heterocycles. The number of para-hydroxylation sites is 1. The third kappa shape index (κ3) is 4.42. The molecule has 1 atom stereocenters. The Labute approximate surface area is 180 Å². The summed E-state index contributed by atoms with van der Waals surface area (Å²) in [6.07, 6.45) is 1.47. The van der Waals surface area contributed by atoms with E-state index >= 15 is 0 Å². The molecule has 154 valence electrons. The lowest BCUT2D eigenvalue weighted by atomic mass is 10.2. The topological polar surface area (TPSA) is 87.2 Å². The lowest BCUT2D eigenvalue weighted by molar-refractivity contribution is 0.102. The van der Waals surface area contributed by atoms with Crippen LogP contribution in [0.4, 0.5) is 20.6 Å². The van der Waals surface area contributed by atoms with Gasteiger partial charge in [-0.05, 0) is 43.2 Å². The molecule has 30 heavy (non-hydrogen) atoms. The van der Waals surface area contributed by atoms with E-state index in [2.05, 4.69) is 20.8 Å². The van der Waals surface area contributed by atoms with E-state index in [0.717, 1.165) is 17.8 Å². The van der Waals surface area contributed by atoms with Crippen LogP contribution in [0.1, 0.15) is 33.7 Å². The van der Waals surface area contributed by atoms with Gasteiger partial charge in [0.1, 0.15) is 10.8 Å². The van der Waals surface area contributed by atoms with Crippen molar-refractivity contribution in [2.45, 2.75) is 18.9 Å². The van der Waals surface area contributed by atoms with Crippen molar-refractivity contribution >= 4 is 46.3 Å². The van der Waals surface area contributed by atoms with E-state index in [9.17, 15) is 14.0 Å². The minimum atomic E-state index is -0.502. The number of halogens is 2. The Balaban J connectivity index is 1.46. The summed E-state index contributed by atoms with van der Waals surface area (Å²) in [6, 6.07) is 12.1. The van der Waals surface area contributed by atoms with Gasteiger partial charge in [-0.15, -0.1) is 10.2 Å². The molecule has 1 aliphatic rings. The van der Waals surface area contributed by atoms with Crippen LogP contribution in [-0.4, -0.2) is 33.6 Å². The van der Waals surface area contributed by atoms with Crippen LogP contribution in [0.5, 0.6) is 0 Å². The largest absolute Gasteiger partial charge is 0.322 e. The van der Waals surface area contributed by atoms with Crippen LogP contribution in [-0.2, 0) is 0 Å². The summed E-state index contributed by atoms with van der Waals surface area (Å²) in [7, 11) is 0. The molecule has 0 spiro atoms. The second-order valence-electron chi connectivity index (χ2n) is 6.67. The molecule has 1 aliphatic heterocycles. The van der Waals surface area contributed by atoms with Crippen LogP contribution in [0.3, 0.4) is 0 Å². The maximum Gasteiger partial charge on any atom is 0.322 e. The standard InChI is InChI=1S/C20H17ClFN5O2S/c21-12-5-3-6-13(11-12)23-17(28)19-26-25-18(30-19)16-9-4-10-27(16)20(29)24-15-8-2-1-7-14(15)22/h1-3,5-8,11,16H,4,9-10H2,(H,23,28)(H,24,29)/t16-/m0/s1. The van der Waals surface area contributed by atoms with Crippen molar-refractivity contribution in [1.29, 1.82) is 0 Å². The van der Waals surface area contributed by atoms with Gasteiger partial charge in [0.05, 0.1) is 11.7 Å². The summed E-state index contributed by atoms with van der Waals surface area (Å²) in [5, 5.41) is 14.7. The molecule has 10 heteroatoms. The van der Waals surface area contributed by atoms with Gasteiger partial charge in [-0.3, -0.25) is 4.79 Å². The van der Waals surface area contributed by atoms with E-state index in [1.165, 1.54) is 12.1 Å². The Bertz CT molecular complexity index is 1090. The van der Waals surface area contributed by atoms with Gasteiger partial charge in [-0.25, -0.2) is 9.18 Å². The van der Waals surface area contributed by atoms with Crippen molar-refractivity contribution < 1.29 is 14.0 Å². The lowest BCUT2D eigenvalue weighted by Crippen LogP contribution is -2.34. The molecule has 2 heterocycles. The summed E-state index contributed by atoms with van der Waals surface area (Å²) in [5.41, 5.74) is 0.669. The van der Waals surface area contributed by atoms with E-state index in [1.807, 2.05) is 0 Å². The van der Waals surface area contributed by atoms with Gasteiger partial charge in [-0.2, -0.15) is 0 Å². The summed E-state index contributed by atoms with van der Waals surface area (Å²) in [5.74, 6) is -0.904. The quantitative estimate of drug-likeness (QED) is 0.594. The number of hydrogen-bond donors (Lipinski definition) is 2. The summed E-state index contributed by atoms with van der Waals surface area (Å²) in [6.45, 7) is 0.509. The van der Waals surface area contributed by atoms with E-state index in [0.29, 0.717) is 28.7 Å². The minimum Gasteiger partial charge on any atom is -0.320 e. The fourth-order valence-electron chi connectivity index (χ4n) is 3.23.